The van der Waals surface area contributed by atoms with Crippen molar-refractivity contribution in [2.24, 2.45) is 0 Å². The molecule has 66 valence electrons. The molecule has 1 heterocycles. The zero-order valence-electron chi connectivity index (χ0n) is 5.97. The number of nitrogens with zero attached hydrogens (tertiary/aromatic N) is 1. The van der Waals surface area contributed by atoms with E-state index in [4.69, 9.17) is 5.11 Å². The van der Waals surface area contributed by atoms with Crippen LogP contribution in [-0.4, -0.2) is 21.0 Å². The minimum Gasteiger partial charge on any atom is -0.481 e. The Morgan fingerprint density at radius 1 is 1.58 bits per heavy atom. The molecule has 1 aromatic rings. The van der Waals surface area contributed by atoms with Gasteiger partial charge in [-0.25, -0.2) is 4.98 Å². The largest absolute Gasteiger partial charge is 0.481 e. The van der Waals surface area contributed by atoms with E-state index in [1.807, 2.05) is 0 Å². The lowest BCUT2D eigenvalue weighted by Gasteiger charge is -1.92. The number of halogens is 2. The first-order chi connectivity index (χ1) is 5.59. The van der Waals surface area contributed by atoms with Gasteiger partial charge in [-0.3, -0.25) is 4.79 Å². The van der Waals surface area contributed by atoms with Crippen LogP contribution < -0.4 is 0 Å². The highest BCUT2D eigenvalue weighted by Gasteiger charge is 2.07. The number of carboxylic acid groups (broad SMARTS) is 1. The summed E-state index contributed by atoms with van der Waals surface area (Å²) in [5.74, 6) is -0.782. The van der Waals surface area contributed by atoms with Crippen LogP contribution in [0.1, 0.15) is 12.1 Å². The van der Waals surface area contributed by atoms with Gasteiger partial charge in [0, 0.05) is 12.1 Å². The van der Waals surface area contributed by atoms with Crippen LogP contribution in [0.4, 0.5) is 0 Å². The molecule has 0 saturated heterocycles. The monoisotopic (exact) mass is 392 g/mol. The van der Waals surface area contributed by atoms with Crippen molar-refractivity contribution in [3.05, 3.63) is 13.2 Å². The van der Waals surface area contributed by atoms with Gasteiger partial charge in [-0.1, -0.05) is 0 Å². The third kappa shape index (κ3) is 2.88. The molecule has 0 amide bonds. The molecule has 0 saturated carbocycles. The van der Waals surface area contributed by atoms with Gasteiger partial charge in [0.1, 0.15) is 3.70 Å². The van der Waals surface area contributed by atoms with E-state index in [1.165, 1.54) is 0 Å². The first-order valence-electron chi connectivity index (χ1n) is 3.21. The van der Waals surface area contributed by atoms with Crippen molar-refractivity contribution < 1.29 is 9.90 Å². The number of carboxylic acids is 1. The van der Waals surface area contributed by atoms with Crippen LogP contribution in [0.25, 0.3) is 0 Å². The summed E-state index contributed by atoms with van der Waals surface area (Å²) in [5, 5.41) is 8.43. The number of nitrogens with one attached hydrogen (secondary N) is 1. The van der Waals surface area contributed by atoms with Crippen LogP contribution in [-0.2, 0) is 11.2 Å². The van der Waals surface area contributed by atoms with E-state index in [0.717, 1.165) is 13.2 Å². The topological polar surface area (TPSA) is 66.0 Å². The number of aromatic amines is 1. The summed E-state index contributed by atoms with van der Waals surface area (Å²) in [6, 6.07) is 0. The summed E-state index contributed by atoms with van der Waals surface area (Å²) in [6.45, 7) is 0. The van der Waals surface area contributed by atoms with E-state index < -0.39 is 5.97 Å². The third-order valence-corrected chi connectivity index (χ3v) is 2.69. The zero-order chi connectivity index (χ0) is 9.14. The lowest BCUT2D eigenvalue weighted by Crippen LogP contribution is -1.98. The quantitative estimate of drug-likeness (QED) is 0.770. The predicted molar refractivity (Wildman–Crippen MR) is 60.0 cm³/mol. The molecular weight excluding hydrogens is 386 g/mol. The minimum atomic E-state index is -0.782. The molecule has 0 bridgehead atoms. The molecule has 0 aliphatic rings. The molecule has 0 aliphatic heterocycles. The fourth-order valence-electron chi connectivity index (χ4n) is 0.755. The summed E-state index contributed by atoms with van der Waals surface area (Å²) >= 11 is 4.15. The van der Waals surface area contributed by atoms with Crippen LogP contribution in [0.3, 0.4) is 0 Å². The van der Waals surface area contributed by atoms with Crippen molar-refractivity contribution in [2.75, 3.05) is 0 Å². The smallest absolute Gasteiger partial charge is 0.303 e. The van der Waals surface area contributed by atoms with Gasteiger partial charge < -0.3 is 10.1 Å². The van der Waals surface area contributed by atoms with E-state index in [2.05, 4.69) is 55.1 Å². The van der Waals surface area contributed by atoms with Crippen molar-refractivity contribution in [2.45, 2.75) is 12.8 Å². The number of hydrogen-bond acceptors (Lipinski definition) is 2. The molecular formula is C6H6I2N2O2. The van der Waals surface area contributed by atoms with E-state index >= 15 is 0 Å². The van der Waals surface area contributed by atoms with Crippen LogP contribution in [0.2, 0.25) is 0 Å². The highest BCUT2D eigenvalue weighted by atomic mass is 127. The van der Waals surface area contributed by atoms with Crippen molar-refractivity contribution in [3.63, 3.8) is 0 Å². The van der Waals surface area contributed by atoms with Crippen molar-refractivity contribution in [3.8, 4) is 0 Å². The van der Waals surface area contributed by atoms with Gasteiger partial charge in [-0.05, 0) is 45.2 Å². The Kier molecular flexibility index (Phi) is 3.75. The van der Waals surface area contributed by atoms with Crippen LogP contribution in [0, 0.1) is 7.53 Å². The molecule has 0 aromatic carbocycles. The van der Waals surface area contributed by atoms with Crippen molar-refractivity contribution >= 4 is 51.2 Å². The van der Waals surface area contributed by atoms with Gasteiger partial charge in [0.2, 0.25) is 0 Å². The Hall–Kier alpha value is 0.140. The zero-order valence-corrected chi connectivity index (χ0v) is 10.3. The number of aryl methyl sites for hydroxylation is 1. The Morgan fingerprint density at radius 3 is 2.67 bits per heavy atom. The van der Waals surface area contributed by atoms with Gasteiger partial charge in [0.15, 0.2) is 3.83 Å². The Bertz CT molecular complexity index is 298. The summed E-state index contributed by atoms with van der Waals surface area (Å²) in [5.41, 5.74) is 0.905. The average Bonchev–Trinajstić information content (AvgIpc) is 2.26. The third-order valence-electron chi connectivity index (χ3n) is 1.29. The fourth-order valence-corrected chi connectivity index (χ4v) is 2.43. The maximum absolute atomic E-state index is 10.3. The molecule has 0 spiro atoms. The maximum Gasteiger partial charge on any atom is 0.303 e. The lowest BCUT2D eigenvalue weighted by atomic mass is 10.2. The van der Waals surface area contributed by atoms with Crippen LogP contribution >= 0.6 is 45.2 Å². The molecule has 12 heavy (non-hydrogen) atoms. The van der Waals surface area contributed by atoms with Crippen LogP contribution in [0.15, 0.2) is 0 Å². The first kappa shape index (κ1) is 10.2. The number of carbonyl (C=O) groups is 1. The highest BCUT2D eigenvalue weighted by Crippen LogP contribution is 2.12. The normalized spacial score (nSPS) is 10.2. The summed E-state index contributed by atoms with van der Waals surface area (Å²) in [7, 11) is 0. The van der Waals surface area contributed by atoms with Crippen molar-refractivity contribution in [1.29, 1.82) is 0 Å². The number of aliphatic carboxylic acids is 1. The summed E-state index contributed by atoms with van der Waals surface area (Å²) in [6.07, 6.45) is 0.665. The number of imidazole rings is 1. The Balaban J connectivity index is 2.62. The number of hydrogen-bond donors (Lipinski definition) is 2. The second-order valence-electron chi connectivity index (χ2n) is 2.19. The SMILES string of the molecule is O=C(O)CCc1[nH]c(I)nc1I. The highest BCUT2D eigenvalue weighted by molar-refractivity contribution is 14.1. The molecule has 1 aromatic heterocycles. The molecule has 4 nitrogen and oxygen atoms in total. The van der Waals surface area contributed by atoms with E-state index in [1.54, 1.807) is 0 Å². The lowest BCUT2D eigenvalue weighted by molar-refractivity contribution is -0.136. The second kappa shape index (κ2) is 4.40. The van der Waals surface area contributed by atoms with Gasteiger partial charge in [-0.15, -0.1) is 0 Å². The Morgan fingerprint density at radius 2 is 2.25 bits per heavy atom. The van der Waals surface area contributed by atoms with Gasteiger partial charge in [-0.2, -0.15) is 0 Å². The minimum absolute atomic E-state index is 0.147. The molecule has 0 aliphatic carbocycles. The fraction of sp³-hybridized carbons (Fsp3) is 0.333. The first-order valence-corrected chi connectivity index (χ1v) is 5.37. The van der Waals surface area contributed by atoms with E-state index in [0.29, 0.717) is 6.42 Å². The predicted octanol–water partition coefficient (Wildman–Crippen LogP) is 1.64. The van der Waals surface area contributed by atoms with Gasteiger partial charge >= 0.3 is 5.97 Å². The molecule has 0 atom stereocenters. The second-order valence-corrected chi connectivity index (χ2v) is 4.23. The molecule has 1 rings (SSSR count). The maximum atomic E-state index is 10.3. The number of H-pyrrole nitrogens is 1. The van der Waals surface area contributed by atoms with E-state index in [-0.39, 0.29) is 6.42 Å². The molecule has 2 N–H and O–H groups in total. The summed E-state index contributed by atoms with van der Waals surface area (Å²) in [4.78, 5) is 17.4. The Labute approximate surface area is 96.4 Å². The molecule has 0 fully saturated rings. The number of aromatic nitrogens is 2. The standard InChI is InChI=1S/C6H6I2N2O2/c7-5-3(1-2-4(11)12)9-6(8)10-5/h1-2H2,(H,9,10)(H,11,12). The van der Waals surface area contributed by atoms with Crippen molar-refractivity contribution in [1.82, 2.24) is 9.97 Å². The average molecular weight is 392 g/mol. The molecule has 0 unspecified atom stereocenters. The van der Waals surface area contributed by atoms with Crippen LogP contribution in [0.5, 0.6) is 0 Å². The number of rotatable bonds is 3. The summed E-state index contributed by atoms with van der Waals surface area (Å²) < 4.78 is 1.66. The van der Waals surface area contributed by atoms with E-state index in [9.17, 15) is 4.79 Å². The van der Waals surface area contributed by atoms with Gasteiger partial charge in [0.25, 0.3) is 0 Å². The van der Waals surface area contributed by atoms with Gasteiger partial charge in [0.05, 0.1) is 6.42 Å². The molecule has 6 heteroatoms. The molecule has 0 radical (unpaired) electrons.